The number of H-pyrrole nitrogens is 1. The number of hydrogen-bond acceptors (Lipinski definition) is 4. The second-order valence-electron chi connectivity index (χ2n) is 8.22. The van der Waals surface area contributed by atoms with Gasteiger partial charge in [-0.1, -0.05) is 20.8 Å². The van der Waals surface area contributed by atoms with E-state index < -0.39 is 47.6 Å². The van der Waals surface area contributed by atoms with E-state index in [4.69, 9.17) is 10.8 Å². The Morgan fingerprint density at radius 3 is 2.47 bits per heavy atom. The number of halogens is 2. The molecule has 1 heterocycles. The monoisotopic (exact) mass is 423 g/mol. The first-order valence-electron chi connectivity index (χ1n) is 9.48. The van der Waals surface area contributed by atoms with Crippen molar-refractivity contribution in [2.75, 3.05) is 13.2 Å². The van der Waals surface area contributed by atoms with E-state index >= 15 is 0 Å². The van der Waals surface area contributed by atoms with Gasteiger partial charge >= 0.3 is 5.97 Å². The summed E-state index contributed by atoms with van der Waals surface area (Å²) < 4.78 is 27.8. The molecule has 2 rings (SSSR count). The Kier molecular flexibility index (Phi) is 7.33. The number of benzene rings is 1. The number of aromatic nitrogens is 1. The minimum absolute atomic E-state index is 0.00250. The number of nitrogens with two attached hydrogens (primary N) is 1. The number of aromatic amines is 1. The average molecular weight is 423 g/mol. The zero-order valence-electron chi connectivity index (χ0n) is 17.2. The molecule has 0 aliphatic heterocycles. The van der Waals surface area contributed by atoms with E-state index in [1.165, 1.54) is 11.1 Å². The van der Waals surface area contributed by atoms with Gasteiger partial charge in [0.2, 0.25) is 5.91 Å². The molecular formula is C21H27F2N3O4. The summed E-state index contributed by atoms with van der Waals surface area (Å²) in [5.41, 5.74) is 6.04. The summed E-state index contributed by atoms with van der Waals surface area (Å²) in [7, 11) is 0. The van der Waals surface area contributed by atoms with Gasteiger partial charge in [-0.15, -0.1) is 0 Å². The van der Waals surface area contributed by atoms with Gasteiger partial charge in [0.25, 0.3) is 0 Å². The zero-order valence-corrected chi connectivity index (χ0v) is 17.2. The van der Waals surface area contributed by atoms with Gasteiger partial charge in [0.05, 0.1) is 6.04 Å². The normalized spacial score (nSPS) is 13.7. The summed E-state index contributed by atoms with van der Waals surface area (Å²) >= 11 is 0. The van der Waals surface area contributed by atoms with Gasteiger partial charge in [0.15, 0.2) is 0 Å². The Balaban J connectivity index is 2.45. The predicted molar refractivity (Wildman–Crippen MR) is 107 cm³/mol. The number of amides is 1. The topological polar surface area (TPSA) is 120 Å². The van der Waals surface area contributed by atoms with Crippen LogP contribution in [0.4, 0.5) is 8.78 Å². The molecule has 1 aromatic carbocycles. The van der Waals surface area contributed by atoms with Gasteiger partial charge in [-0.3, -0.25) is 9.59 Å². The van der Waals surface area contributed by atoms with Crippen LogP contribution in [0.5, 0.6) is 0 Å². The molecule has 0 saturated heterocycles. The van der Waals surface area contributed by atoms with E-state index in [0.29, 0.717) is 11.3 Å². The molecule has 164 valence electrons. The second kappa shape index (κ2) is 9.36. The van der Waals surface area contributed by atoms with Crippen LogP contribution in [0.1, 0.15) is 38.9 Å². The number of carbonyl (C=O) groups excluding carboxylic acids is 1. The van der Waals surface area contributed by atoms with Crippen molar-refractivity contribution in [1.82, 2.24) is 9.88 Å². The van der Waals surface area contributed by atoms with Crippen LogP contribution in [0, 0.1) is 17.0 Å². The molecule has 0 aliphatic carbocycles. The van der Waals surface area contributed by atoms with Crippen molar-refractivity contribution in [3.63, 3.8) is 0 Å². The number of aliphatic hydroxyl groups excluding tert-OH is 1. The lowest BCUT2D eigenvalue weighted by molar-refractivity contribution is -0.142. The Labute approximate surface area is 173 Å². The number of hydrogen-bond donors (Lipinski definition) is 4. The number of aliphatic hydroxyl groups is 1. The van der Waals surface area contributed by atoms with Crippen LogP contribution < -0.4 is 5.73 Å². The van der Waals surface area contributed by atoms with E-state index in [1.807, 2.05) is 20.8 Å². The maximum absolute atomic E-state index is 14.2. The van der Waals surface area contributed by atoms with Crippen molar-refractivity contribution in [3.8, 4) is 11.1 Å². The number of carboxylic acids is 1. The first kappa shape index (κ1) is 23.5. The lowest BCUT2D eigenvalue weighted by Crippen LogP contribution is -2.45. The average Bonchev–Trinajstić information content (AvgIpc) is 3.13. The minimum atomic E-state index is -1.19. The second-order valence-corrected chi connectivity index (χ2v) is 8.22. The van der Waals surface area contributed by atoms with E-state index in [9.17, 15) is 23.5 Å². The van der Waals surface area contributed by atoms with E-state index in [1.54, 1.807) is 6.07 Å². The van der Waals surface area contributed by atoms with Gasteiger partial charge in [-0.25, -0.2) is 8.78 Å². The molecule has 0 saturated carbocycles. The zero-order chi connectivity index (χ0) is 22.6. The van der Waals surface area contributed by atoms with Crippen molar-refractivity contribution in [3.05, 3.63) is 47.8 Å². The third-order valence-corrected chi connectivity index (χ3v) is 4.83. The summed E-state index contributed by atoms with van der Waals surface area (Å²) in [6.07, 6.45) is 1.50. The molecule has 7 nitrogen and oxygen atoms in total. The Morgan fingerprint density at radius 1 is 1.23 bits per heavy atom. The Hall–Kier alpha value is -2.78. The fraction of sp³-hybridized carbons (Fsp3) is 0.429. The van der Waals surface area contributed by atoms with Crippen LogP contribution in [0.3, 0.4) is 0 Å². The van der Waals surface area contributed by atoms with Crippen LogP contribution in [0.15, 0.2) is 30.5 Å². The number of nitrogens with one attached hydrogen (secondary N) is 1. The van der Waals surface area contributed by atoms with E-state index in [0.717, 1.165) is 18.2 Å². The molecule has 5 N–H and O–H groups in total. The van der Waals surface area contributed by atoms with Crippen molar-refractivity contribution < 1.29 is 28.6 Å². The molecule has 0 aliphatic rings. The first-order valence-corrected chi connectivity index (χ1v) is 9.48. The highest BCUT2D eigenvalue weighted by atomic mass is 19.1. The molecule has 2 aromatic rings. The molecule has 9 heteroatoms. The number of carbonyl (C=O) groups is 2. The maximum atomic E-state index is 14.2. The van der Waals surface area contributed by atoms with Crippen LogP contribution in [-0.4, -0.2) is 51.2 Å². The third kappa shape index (κ3) is 5.43. The molecule has 0 bridgehead atoms. The van der Waals surface area contributed by atoms with Gasteiger partial charge in [0.1, 0.15) is 24.3 Å². The quantitative estimate of drug-likeness (QED) is 0.520. The molecule has 0 unspecified atom stereocenters. The van der Waals surface area contributed by atoms with Gasteiger partial charge < -0.3 is 25.8 Å². The molecule has 30 heavy (non-hydrogen) atoms. The molecule has 2 atom stereocenters. The molecule has 0 fully saturated rings. The van der Waals surface area contributed by atoms with Crippen LogP contribution >= 0.6 is 0 Å². The van der Waals surface area contributed by atoms with Gasteiger partial charge in [0, 0.05) is 29.6 Å². The van der Waals surface area contributed by atoms with Gasteiger partial charge in [-0.05, 0) is 36.1 Å². The fourth-order valence-electron chi connectivity index (χ4n) is 3.44. The van der Waals surface area contributed by atoms with Crippen LogP contribution in [0.2, 0.25) is 0 Å². The maximum Gasteiger partial charge on any atom is 0.320 e. The minimum Gasteiger partial charge on any atom is -0.480 e. The smallest absolute Gasteiger partial charge is 0.320 e. The summed E-state index contributed by atoms with van der Waals surface area (Å²) in [4.78, 5) is 27.9. The van der Waals surface area contributed by atoms with E-state index in [-0.39, 0.29) is 18.5 Å². The fourth-order valence-corrected chi connectivity index (χ4v) is 3.44. The third-order valence-electron chi connectivity index (χ3n) is 4.83. The Morgan fingerprint density at radius 2 is 1.90 bits per heavy atom. The van der Waals surface area contributed by atoms with Crippen molar-refractivity contribution in [1.29, 1.82) is 0 Å². The number of carboxylic acid groups (broad SMARTS) is 1. The van der Waals surface area contributed by atoms with E-state index in [2.05, 4.69) is 4.98 Å². The number of rotatable bonds is 8. The van der Waals surface area contributed by atoms with Crippen LogP contribution in [0.25, 0.3) is 11.1 Å². The summed E-state index contributed by atoms with van der Waals surface area (Å²) in [6, 6.07) is 2.98. The van der Waals surface area contributed by atoms with Crippen molar-refractivity contribution in [2.45, 2.75) is 39.3 Å². The molecular weight excluding hydrogens is 396 g/mol. The highest BCUT2D eigenvalue weighted by molar-refractivity contribution is 5.78. The lowest BCUT2D eigenvalue weighted by atomic mass is 9.83. The summed E-state index contributed by atoms with van der Waals surface area (Å²) in [6.45, 7) is 4.85. The highest BCUT2D eigenvalue weighted by Gasteiger charge is 2.36. The standard InChI is InChI=1S/C21H27F2N3O4/c1-21(2,3)19(26(18(28)11-27)7-6-16(24)20(29)30)17-8-12(10-25-17)14-9-13(22)4-5-15(14)23/h4-5,8-10,16,19,25,27H,6-7,11,24H2,1-3H3,(H,29,30)/t16-,19-/m0/s1. The number of aliphatic carboxylic acids is 1. The largest absolute Gasteiger partial charge is 0.480 e. The summed E-state index contributed by atoms with van der Waals surface area (Å²) in [5, 5.41) is 18.5. The Bertz CT molecular complexity index is 908. The highest BCUT2D eigenvalue weighted by Crippen LogP contribution is 2.39. The van der Waals surface area contributed by atoms with Crippen molar-refractivity contribution in [2.24, 2.45) is 11.1 Å². The number of nitrogens with zero attached hydrogens (tertiary/aromatic N) is 1. The summed E-state index contributed by atoms with van der Waals surface area (Å²) in [5.74, 6) is -2.96. The van der Waals surface area contributed by atoms with Crippen LogP contribution in [-0.2, 0) is 9.59 Å². The first-order chi connectivity index (χ1) is 14.0. The molecule has 0 spiro atoms. The predicted octanol–water partition coefficient (Wildman–Crippen LogP) is 2.67. The molecule has 1 amide bonds. The van der Waals surface area contributed by atoms with Gasteiger partial charge in [-0.2, -0.15) is 0 Å². The molecule has 0 radical (unpaired) electrons. The lowest BCUT2D eigenvalue weighted by Gasteiger charge is -2.40. The van der Waals surface area contributed by atoms with Crippen molar-refractivity contribution >= 4 is 11.9 Å². The SMILES string of the molecule is CC(C)(C)[C@H](c1cc(-c2cc(F)ccc2F)c[nH]1)N(CC[C@H](N)C(=O)O)C(=O)CO. The molecule has 1 aromatic heterocycles.